The second kappa shape index (κ2) is 12.9. The summed E-state index contributed by atoms with van der Waals surface area (Å²) in [6.45, 7) is 3.99. The molecule has 214 valence electrons. The summed E-state index contributed by atoms with van der Waals surface area (Å²) in [7, 11) is -4.08. The van der Waals surface area contributed by atoms with E-state index in [1.165, 1.54) is 24.3 Å². The van der Waals surface area contributed by atoms with Gasteiger partial charge in [-0.15, -0.1) is 10.2 Å². The number of nitrogens with zero attached hydrogens (tertiary/aromatic N) is 4. The Morgan fingerprint density at radius 3 is 2.31 bits per heavy atom. The van der Waals surface area contributed by atoms with Crippen molar-refractivity contribution in [1.82, 2.24) is 14.8 Å². The lowest BCUT2D eigenvalue weighted by atomic mass is 10.1. The molecule has 1 aromatic heterocycles. The van der Waals surface area contributed by atoms with Gasteiger partial charge in [-0.25, -0.2) is 0 Å². The van der Waals surface area contributed by atoms with Crippen LogP contribution in [0, 0.1) is 13.8 Å². The quantitative estimate of drug-likeness (QED) is 0.0947. The zero-order chi connectivity index (χ0) is 29.9. The van der Waals surface area contributed by atoms with Crippen molar-refractivity contribution in [3.8, 4) is 11.4 Å². The molecule has 42 heavy (non-hydrogen) atoms. The monoisotopic (exact) mass is 656 g/mol. The fraction of sp³-hybridized carbons (Fsp3) is 0.100. The highest BCUT2D eigenvalue weighted by Crippen LogP contribution is 2.32. The molecule has 0 spiro atoms. The molecule has 0 atom stereocenters. The van der Waals surface area contributed by atoms with Crippen molar-refractivity contribution in [3.63, 3.8) is 0 Å². The highest BCUT2D eigenvalue weighted by Gasteiger charge is 2.22. The summed E-state index contributed by atoms with van der Waals surface area (Å²) in [4.78, 5) is 0.0193. The summed E-state index contributed by atoms with van der Waals surface area (Å²) in [6.07, 6.45) is 0. The summed E-state index contributed by atoms with van der Waals surface area (Å²) in [5.41, 5.74) is 3.40. The van der Waals surface area contributed by atoms with Gasteiger partial charge in [0, 0.05) is 15.6 Å². The van der Waals surface area contributed by atoms with E-state index < -0.39 is 10.0 Å². The van der Waals surface area contributed by atoms with Crippen LogP contribution in [-0.2, 0) is 16.6 Å². The Bertz CT molecular complexity index is 1880. The zero-order valence-electron chi connectivity index (χ0n) is 22.3. The van der Waals surface area contributed by atoms with Gasteiger partial charge in [-0.1, -0.05) is 77.3 Å². The molecule has 12 heteroatoms. The molecule has 7 nitrogen and oxygen atoms in total. The van der Waals surface area contributed by atoms with E-state index in [0.29, 0.717) is 37.4 Å². The van der Waals surface area contributed by atoms with Crippen molar-refractivity contribution in [2.24, 2.45) is 4.40 Å². The summed E-state index contributed by atoms with van der Waals surface area (Å²) in [6, 6.07) is 25.9. The Morgan fingerprint density at radius 2 is 1.60 bits per heavy atom. The van der Waals surface area contributed by atoms with Crippen molar-refractivity contribution in [1.29, 1.82) is 0 Å². The summed E-state index contributed by atoms with van der Waals surface area (Å²) < 4.78 is 38.8. The largest absolute Gasteiger partial charge is 0.484 e. The van der Waals surface area contributed by atoms with Crippen LogP contribution >= 0.6 is 46.6 Å². The fourth-order valence-corrected chi connectivity index (χ4v) is 6.71. The molecule has 0 N–H and O–H groups in total. The average Bonchev–Trinajstić information content (AvgIpc) is 3.36. The van der Waals surface area contributed by atoms with Crippen LogP contribution in [0.5, 0.6) is 5.75 Å². The number of aromatic nitrogens is 3. The van der Waals surface area contributed by atoms with Gasteiger partial charge in [-0.05, 0) is 85.3 Å². The SMILES string of the molecule is Cc1ccc(C)c(-n2c(COc3ccc(Cl)cc3Cl)nnc2S/C(=N/S(=O)(=O)c2ccc(Cl)cc2)c2ccccc2)c1. The first-order valence-electron chi connectivity index (χ1n) is 12.5. The topological polar surface area (TPSA) is 86.4 Å². The van der Waals surface area contributed by atoms with E-state index >= 15 is 0 Å². The van der Waals surface area contributed by atoms with Crippen LogP contribution in [0.3, 0.4) is 0 Å². The molecule has 0 saturated heterocycles. The number of benzene rings is 4. The number of hydrogen-bond donors (Lipinski definition) is 0. The number of halogens is 3. The van der Waals surface area contributed by atoms with Gasteiger partial charge in [0.1, 0.15) is 17.4 Å². The van der Waals surface area contributed by atoms with Gasteiger partial charge in [0.05, 0.1) is 15.6 Å². The first-order valence-corrected chi connectivity index (χ1v) is 15.9. The van der Waals surface area contributed by atoms with Gasteiger partial charge in [-0.2, -0.15) is 12.8 Å². The van der Waals surface area contributed by atoms with Crippen molar-refractivity contribution >= 4 is 61.6 Å². The smallest absolute Gasteiger partial charge is 0.283 e. The van der Waals surface area contributed by atoms with E-state index in [4.69, 9.17) is 39.5 Å². The predicted molar refractivity (Wildman–Crippen MR) is 169 cm³/mol. The second-order valence-corrected chi connectivity index (χ2v) is 13.0. The van der Waals surface area contributed by atoms with Gasteiger partial charge in [-0.3, -0.25) is 4.57 Å². The van der Waals surface area contributed by atoms with Gasteiger partial charge in [0.2, 0.25) is 5.16 Å². The molecule has 0 bridgehead atoms. The number of hydrogen-bond acceptors (Lipinski definition) is 6. The molecule has 0 unspecified atom stereocenters. The van der Waals surface area contributed by atoms with Crippen molar-refractivity contribution < 1.29 is 13.2 Å². The standard InChI is InChI=1S/C30H23Cl3N4O3S2/c1-19-8-9-20(2)26(16-19)37-28(18-40-27-15-12-23(32)17-25(27)33)34-35-30(37)41-29(21-6-4-3-5-7-21)36-42(38,39)24-13-10-22(31)11-14-24/h3-17H,18H2,1-2H3/b36-29+. The minimum atomic E-state index is -4.08. The van der Waals surface area contributed by atoms with Crippen LogP contribution in [0.4, 0.5) is 0 Å². The molecule has 5 aromatic rings. The Hall–Kier alpha value is -3.34. The normalized spacial score (nSPS) is 12.0. The molecule has 0 aliphatic heterocycles. The average molecular weight is 658 g/mol. The number of ether oxygens (including phenoxy) is 1. The van der Waals surface area contributed by atoms with E-state index in [9.17, 15) is 8.42 Å². The molecule has 4 aromatic carbocycles. The lowest BCUT2D eigenvalue weighted by molar-refractivity contribution is 0.293. The van der Waals surface area contributed by atoms with Crippen LogP contribution in [0.25, 0.3) is 5.69 Å². The molecule has 0 fully saturated rings. The Labute approximate surface area is 263 Å². The third-order valence-electron chi connectivity index (χ3n) is 6.08. The number of aryl methyl sites for hydroxylation is 2. The lowest BCUT2D eigenvalue weighted by Gasteiger charge is -2.15. The van der Waals surface area contributed by atoms with Gasteiger partial charge in [0.15, 0.2) is 5.82 Å². The van der Waals surface area contributed by atoms with Crippen LogP contribution < -0.4 is 4.74 Å². The molecule has 0 aliphatic rings. The number of sulfonamides is 1. The van der Waals surface area contributed by atoms with Gasteiger partial charge < -0.3 is 4.74 Å². The minimum Gasteiger partial charge on any atom is -0.484 e. The maximum atomic E-state index is 13.4. The molecular formula is C30H23Cl3N4O3S2. The third kappa shape index (κ3) is 6.99. The van der Waals surface area contributed by atoms with Crippen molar-refractivity contribution in [3.05, 3.63) is 129 Å². The summed E-state index contributed by atoms with van der Waals surface area (Å²) >= 11 is 19.4. The van der Waals surface area contributed by atoms with Crippen LogP contribution in [0.15, 0.2) is 105 Å². The molecule has 0 amide bonds. The summed E-state index contributed by atoms with van der Waals surface area (Å²) in [5, 5.41) is 10.8. The fourth-order valence-electron chi connectivity index (χ4n) is 3.96. The Morgan fingerprint density at radius 1 is 0.881 bits per heavy atom. The van der Waals surface area contributed by atoms with Crippen LogP contribution in [-0.4, -0.2) is 28.2 Å². The number of thioether (sulfide) groups is 1. The molecule has 0 radical (unpaired) electrons. The first-order chi connectivity index (χ1) is 20.1. The Balaban J connectivity index is 1.60. The maximum absolute atomic E-state index is 13.4. The van der Waals surface area contributed by atoms with E-state index in [1.807, 2.05) is 54.8 Å². The Kier molecular flexibility index (Phi) is 9.25. The van der Waals surface area contributed by atoms with E-state index in [0.717, 1.165) is 28.6 Å². The molecular weight excluding hydrogens is 635 g/mol. The van der Waals surface area contributed by atoms with Crippen molar-refractivity contribution in [2.45, 2.75) is 30.5 Å². The van der Waals surface area contributed by atoms with E-state index in [2.05, 4.69) is 14.6 Å². The minimum absolute atomic E-state index is 0.0193. The molecule has 5 rings (SSSR count). The number of rotatable bonds is 8. The van der Waals surface area contributed by atoms with Gasteiger partial charge >= 0.3 is 0 Å². The van der Waals surface area contributed by atoms with E-state index in [1.54, 1.807) is 30.3 Å². The maximum Gasteiger partial charge on any atom is 0.283 e. The van der Waals surface area contributed by atoms with E-state index in [-0.39, 0.29) is 16.5 Å². The van der Waals surface area contributed by atoms with Crippen molar-refractivity contribution in [2.75, 3.05) is 0 Å². The highest BCUT2D eigenvalue weighted by atomic mass is 35.5. The van der Waals surface area contributed by atoms with Crippen LogP contribution in [0.1, 0.15) is 22.5 Å². The predicted octanol–water partition coefficient (Wildman–Crippen LogP) is 8.35. The lowest BCUT2D eigenvalue weighted by Crippen LogP contribution is -2.10. The van der Waals surface area contributed by atoms with Crippen LogP contribution in [0.2, 0.25) is 15.1 Å². The first kappa shape index (κ1) is 30.1. The highest BCUT2D eigenvalue weighted by molar-refractivity contribution is 8.15. The van der Waals surface area contributed by atoms with Gasteiger partial charge in [0.25, 0.3) is 10.0 Å². The summed E-state index contributed by atoms with van der Waals surface area (Å²) in [5.74, 6) is 0.913. The third-order valence-corrected chi connectivity index (χ3v) is 9.24. The zero-order valence-corrected chi connectivity index (χ0v) is 26.2. The second-order valence-electron chi connectivity index (χ2n) is 9.18. The molecule has 1 heterocycles. The molecule has 0 aliphatic carbocycles. The molecule has 0 saturated carbocycles.